The molecule has 2 rings (SSSR count). The smallest absolute Gasteiger partial charge is 0.136 e. The molecule has 2 N–H and O–H groups in total. The Bertz CT molecular complexity index is 494. The molecule has 0 saturated heterocycles. The lowest BCUT2D eigenvalue weighted by Gasteiger charge is -2.14. The Morgan fingerprint density at radius 3 is 2.41 bits per heavy atom. The minimum atomic E-state index is 0.0792. The van der Waals surface area contributed by atoms with Gasteiger partial charge in [-0.05, 0) is 36.6 Å². The van der Waals surface area contributed by atoms with Crippen LogP contribution in [0.3, 0.4) is 0 Å². The van der Waals surface area contributed by atoms with Crippen molar-refractivity contribution in [1.82, 2.24) is 9.97 Å². The van der Waals surface area contributed by atoms with Gasteiger partial charge in [-0.1, -0.05) is 18.2 Å². The number of nitrogens with two attached hydrogens (primary N) is 1. The van der Waals surface area contributed by atoms with Crippen LogP contribution >= 0.6 is 0 Å². The third-order valence-corrected chi connectivity index (χ3v) is 3.07. The van der Waals surface area contributed by atoms with Crippen LogP contribution in [0.25, 0.3) is 0 Å². The molecule has 17 heavy (non-hydrogen) atoms. The molecule has 1 aromatic carbocycles. The van der Waals surface area contributed by atoms with Gasteiger partial charge in [0.2, 0.25) is 0 Å². The second-order valence-corrected chi connectivity index (χ2v) is 4.24. The molecule has 0 saturated carbocycles. The molecule has 0 spiro atoms. The van der Waals surface area contributed by atoms with E-state index < -0.39 is 0 Å². The molecule has 1 atom stereocenters. The zero-order valence-electron chi connectivity index (χ0n) is 10.2. The van der Waals surface area contributed by atoms with E-state index in [1.165, 1.54) is 16.7 Å². The summed E-state index contributed by atoms with van der Waals surface area (Å²) in [5, 5.41) is 0. The summed E-state index contributed by atoms with van der Waals surface area (Å²) in [4.78, 5) is 8.57. The van der Waals surface area contributed by atoms with Gasteiger partial charge in [-0.3, -0.25) is 0 Å². The van der Waals surface area contributed by atoms with E-state index in [1.807, 2.05) is 6.07 Å². The highest BCUT2D eigenvalue weighted by molar-refractivity contribution is 5.34. The number of rotatable bonds is 3. The average molecular weight is 227 g/mol. The third kappa shape index (κ3) is 2.50. The van der Waals surface area contributed by atoms with Crippen LogP contribution in [-0.2, 0) is 0 Å². The predicted octanol–water partition coefficient (Wildman–Crippen LogP) is 2.18. The van der Waals surface area contributed by atoms with Crippen LogP contribution in [0.5, 0.6) is 0 Å². The zero-order chi connectivity index (χ0) is 12.3. The molecule has 1 heterocycles. The van der Waals surface area contributed by atoms with Crippen molar-refractivity contribution < 1.29 is 0 Å². The van der Waals surface area contributed by atoms with Crippen LogP contribution in [0.15, 0.2) is 36.7 Å². The van der Waals surface area contributed by atoms with Gasteiger partial charge in [-0.15, -0.1) is 0 Å². The monoisotopic (exact) mass is 227 g/mol. The number of benzene rings is 1. The Balaban J connectivity index is 2.39. The van der Waals surface area contributed by atoms with E-state index in [4.69, 9.17) is 5.73 Å². The van der Waals surface area contributed by atoms with Crippen LogP contribution in [-0.4, -0.2) is 16.5 Å². The topological polar surface area (TPSA) is 51.8 Å². The quantitative estimate of drug-likeness (QED) is 0.874. The largest absolute Gasteiger partial charge is 0.329 e. The third-order valence-electron chi connectivity index (χ3n) is 3.07. The van der Waals surface area contributed by atoms with Gasteiger partial charge in [-0.25, -0.2) is 9.97 Å². The molecule has 0 amide bonds. The van der Waals surface area contributed by atoms with Crippen molar-refractivity contribution in [2.24, 2.45) is 5.73 Å². The molecule has 88 valence electrons. The van der Waals surface area contributed by atoms with Crippen molar-refractivity contribution in [2.75, 3.05) is 6.54 Å². The fourth-order valence-electron chi connectivity index (χ4n) is 1.86. The zero-order valence-corrected chi connectivity index (χ0v) is 10.2. The molecule has 2 aromatic rings. The van der Waals surface area contributed by atoms with Gasteiger partial charge in [-0.2, -0.15) is 0 Å². The van der Waals surface area contributed by atoms with Crippen LogP contribution in [0, 0.1) is 13.8 Å². The molecule has 0 radical (unpaired) electrons. The van der Waals surface area contributed by atoms with Crippen LogP contribution in [0.1, 0.15) is 28.4 Å². The Hall–Kier alpha value is -1.74. The first kappa shape index (κ1) is 11.7. The van der Waals surface area contributed by atoms with E-state index in [-0.39, 0.29) is 5.92 Å². The Labute approximate surface area is 102 Å². The van der Waals surface area contributed by atoms with Gasteiger partial charge in [0.15, 0.2) is 0 Å². The highest BCUT2D eigenvalue weighted by Gasteiger charge is 2.15. The van der Waals surface area contributed by atoms with Gasteiger partial charge in [0, 0.05) is 18.9 Å². The summed E-state index contributed by atoms with van der Waals surface area (Å²) >= 11 is 0. The number of aromatic nitrogens is 2. The van der Waals surface area contributed by atoms with Crippen molar-refractivity contribution >= 4 is 0 Å². The van der Waals surface area contributed by atoms with E-state index in [0.717, 1.165) is 5.82 Å². The van der Waals surface area contributed by atoms with Crippen molar-refractivity contribution in [3.8, 4) is 0 Å². The molecule has 1 unspecified atom stereocenters. The summed E-state index contributed by atoms with van der Waals surface area (Å²) in [5.74, 6) is 0.869. The number of nitrogens with zero attached hydrogens (tertiary/aromatic N) is 2. The minimum absolute atomic E-state index is 0.0792. The van der Waals surface area contributed by atoms with Crippen molar-refractivity contribution in [3.63, 3.8) is 0 Å². The van der Waals surface area contributed by atoms with Crippen molar-refractivity contribution in [1.29, 1.82) is 0 Å². The Morgan fingerprint density at radius 1 is 1.12 bits per heavy atom. The van der Waals surface area contributed by atoms with Gasteiger partial charge < -0.3 is 5.73 Å². The van der Waals surface area contributed by atoms with Gasteiger partial charge in [0.25, 0.3) is 0 Å². The van der Waals surface area contributed by atoms with Crippen LogP contribution in [0.4, 0.5) is 0 Å². The molecule has 0 bridgehead atoms. The van der Waals surface area contributed by atoms with Gasteiger partial charge in [0.05, 0.1) is 5.92 Å². The highest BCUT2D eigenvalue weighted by atomic mass is 14.9. The lowest BCUT2D eigenvalue weighted by Crippen LogP contribution is -2.16. The second kappa shape index (κ2) is 5.06. The molecule has 0 aliphatic rings. The summed E-state index contributed by atoms with van der Waals surface area (Å²) in [7, 11) is 0. The standard InChI is InChI=1S/C14H17N3/c1-10-4-5-12(8-11(10)2)13(9-15)14-16-6-3-7-17-14/h3-8,13H,9,15H2,1-2H3. The first-order valence-electron chi connectivity index (χ1n) is 5.76. The summed E-state index contributed by atoms with van der Waals surface area (Å²) in [6.07, 6.45) is 3.51. The van der Waals surface area contributed by atoms with E-state index in [1.54, 1.807) is 12.4 Å². The number of hydrogen-bond donors (Lipinski definition) is 1. The summed E-state index contributed by atoms with van der Waals surface area (Å²) in [5.41, 5.74) is 9.59. The van der Waals surface area contributed by atoms with Crippen molar-refractivity contribution in [3.05, 3.63) is 59.2 Å². The number of aryl methyl sites for hydroxylation is 2. The fourth-order valence-corrected chi connectivity index (χ4v) is 1.86. The van der Waals surface area contributed by atoms with Gasteiger partial charge >= 0.3 is 0 Å². The second-order valence-electron chi connectivity index (χ2n) is 4.24. The molecular formula is C14H17N3. The molecule has 0 fully saturated rings. The Kier molecular flexibility index (Phi) is 3.49. The fraction of sp³-hybridized carbons (Fsp3) is 0.286. The molecule has 3 nitrogen and oxygen atoms in total. The van der Waals surface area contributed by atoms with Gasteiger partial charge in [0.1, 0.15) is 5.82 Å². The summed E-state index contributed by atoms with van der Waals surface area (Å²) in [6, 6.07) is 8.22. The lowest BCUT2D eigenvalue weighted by molar-refractivity contribution is 0.748. The van der Waals surface area contributed by atoms with Crippen LogP contribution in [0.2, 0.25) is 0 Å². The van der Waals surface area contributed by atoms with E-state index >= 15 is 0 Å². The molecule has 1 aromatic heterocycles. The Morgan fingerprint density at radius 2 is 1.82 bits per heavy atom. The normalized spacial score (nSPS) is 12.4. The van der Waals surface area contributed by atoms with E-state index in [0.29, 0.717) is 6.54 Å². The maximum Gasteiger partial charge on any atom is 0.136 e. The van der Waals surface area contributed by atoms with E-state index in [9.17, 15) is 0 Å². The molecule has 0 aliphatic heterocycles. The van der Waals surface area contributed by atoms with Crippen LogP contribution < -0.4 is 5.73 Å². The number of hydrogen-bond acceptors (Lipinski definition) is 3. The SMILES string of the molecule is Cc1ccc(C(CN)c2ncccn2)cc1C. The molecule has 3 heteroatoms. The maximum atomic E-state index is 5.84. The van der Waals surface area contributed by atoms with Crippen molar-refractivity contribution in [2.45, 2.75) is 19.8 Å². The minimum Gasteiger partial charge on any atom is -0.329 e. The summed E-state index contributed by atoms with van der Waals surface area (Å²) in [6.45, 7) is 4.74. The molecule has 0 aliphatic carbocycles. The lowest BCUT2D eigenvalue weighted by atomic mass is 9.95. The first-order valence-corrected chi connectivity index (χ1v) is 5.76. The summed E-state index contributed by atoms with van der Waals surface area (Å²) < 4.78 is 0. The average Bonchev–Trinajstić information content (AvgIpc) is 2.36. The predicted molar refractivity (Wildman–Crippen MR) is 68.8 cm³/mol. The molecular weight excluding hydrogens is 210 g/mol. The van der Waals surface area contributed by atoms with E-state index in [2.05, 4.69) is 42.0 Å². The maximum absolute atomic E-state index is 5.84. The highest BCUT2D eigenvalue weighted by Crippen LogP contribution is 2.22. The first-order chi connectivity index (χ1) is 8.22.